The Balaban J connectivity index is 2.41. The highest BCUT2D eigenvalue weighted by atomic mass is 35.5. The second kappa shape index (κ2) is 7.96. The monoisotopic (exact) mass is 265 g/mol. The van der Waals surface area contributed by atoms with Crippen molar-refractivity contribution in [2.75, 3.05) is 26.2 Å². The number of aryl methyl sites for hydroxylation is 1. The first-order chi connectivity index (χ1) is 8.67. The lowest BCUT2D eigenvalue weighted by Gasteiger charge is -2.18. The number of hydrogen-bond donors (Lipinski definition) is 0. The molecule has 0 heterocycles. The minimum absolute atomic E-state index is 0.642. The molecule has 0 fully saturated rings. The number of nitrogens with zero attached hydrogens (tertiary/aromatic N) is 1. The predicted molar refractivity (Wildman–Crippen MR) is 78.5 cm³/mol. The molecule has 18 heavy (non-hydrogen) atoms. The summed E-state index contributed by atoms with van der Waals surface area (Å²) in [5.41, 5.74) is 1.03. The fourth-order valence-electron chi connectivity index (χ4n) is 1.62. The molecule has 0 spiro atoms. The van der Waals surface area contributed by atoms with Crippen molar-refractivity contribution in [3.63, 3.8) is 0 Å². The number of hydrogen-bond acceptors (Lipinski definition) is 2. The van der Waals surface area contributed by atoms with Crippen LogP contribution in [0.2, 0.25) is 5.02 Å². The summed E-state index contributed by atoms with van der Waals surface area (Å²) in [6, 6.07) is 5.70. The van der Waals surface area contributed by atoms with Gasteiger partial charge >= 0.3 is 0 Å². The predicted octanol–water partition coefficient (Wildman–Crippen LogP) is 3.70. The molecule has 0 amide bonds. The fourth-order valence-corrected chi connectivity index (χ4v) is 1.74. The van der Waals surface area contributed by atoms with Crippen LogP contribution < -0.4 is 4.74 Å². The van der Waals surface area contributed by atoms with Gasteiger partial charge < -0.3 is 4.74 Å². The van der Waals surface area contributed by atoms with Gasteiger partial charge in [-0.05, 0) is 30.7 Å². The van der Waals surface area contributed by atoms with E-state index in [1.165, 1.54) is 0 Å². The molecule has 0 N–H and O–H groups in total. The van der Waals surface area contributed by atoms with Gasteiger partial charge in [0.05, 0.1) is 0 Å². The van der Waals surface area contributed by atoms with Gasteiger partial charge in [-0.3, -0.25) is 4.90 Å². The number of ether oxygens (including phenoxy) is 1. The van der Waals surface area contributed by atoms with Gasteiger partial charge in [-0.2, -0.15) is 0 Å². The van der Waals surface area contributed by atoms with E-state index in [2.05, 4.69) is 18.1 Å². The molecule has 0 aliphatic carbocycles. The quantitative estimate of drug-likeness (QED) is 0.665. The zero-order valence-corrected chi connectivity index (χ0v) is 11.6. The summed E-state index contributed by atoms with van der Waals surface area (Å²) in [4.78, 5) is 2.21. The van der Waals surface area contributed by atoms with E-state index < -0.39 is 0 Å². The zero-order chi connectivity index (χ0) is 13.4. The largest absolute Gasteiger partial charge is 0.492 e. The van der Waals surface area contributed by atoms with Crippen LogP contribution in [0.3, 0.4) is 0 Å². The molecule has 0 saturated heterocycles. The summed E-state index contributed by atoms with van der Waals surface area (Å²) in [7, 11) is 0. The van der Waals surface area contributed by atoms with Crippen LogP contribution in [0, 0.1) is 6.92 Å². The lowest BCUT2D eigenvalue weighted by molar-refractivity contribution is 0.236. The maximum atomic E-state index is 5.96. The van der Waals surface area contributed by atoms with Crippen LogP contribution >= 0.6 is 11.6 Å². The first-order valence-electron chi connectivity index (χ1n) is 6.00. The highest BCUT2D eigenvalue weighted by molar-refractivity contribution is 6.31. The summed E-state index contributed by atoms with van der Waals surface area (Å²) in [5.74, 6) is 0.856. The maximum absolute atomic E-state index is 5.96. The van der Waals surface area contributed by atoms with E-state index in [4.69, 9.17) is 16.3 Å². The van der Waals surface area contributed by atoms with Gasteiger partial charge in [0.15, 0.2) is 0 Å². The Morgan fingerprint density at radius 2 is 1.94 bits per heavy atom. The molecule has 0 saturated carbocycles. The van der Waals surface area contributed by atoms with Gasteiger partial charge in [0.25, 0.3) is 0 Å². The lowest BCUT2D eigenvalue weighted by Crippen LogP contribution is -2.28. The standard InChI is InChI=1S/C15H20ClNO/c1-4-8-17(9-5-2)10-11-18-14-6-7-15(16)13(3)12-14/h4-7,12H,1-2,8-11H2,3H3. The molecular formula is C15H20ClNO. The molecular weight excluding hydrogens is 246 g/mol. The van der Waals surface area contributed by atoms with E-state index in [0.717, 1.165) is 36.0 Å². The van der Waals surface area contributed by atoms with Crippen molar-refractivity contribution in [2.45, 2.75) is 6.92 Å². The first kappa shape index (κ1) is 14.8. The van der Waals surface area contributed by atoms with Crippen molar-refractivity contribution < 1.29 is 4.74 Å². The van der Waals surface area contributed by atoms with E-state index in [1.54, 1.807) is 0 Å². The van der Waals surface area contributed by atoms with Gasteiger partial charge in [0.2, 0.25) is 0 Å². The van der Waals surface area contributed by atoms with Crippen LogP contribution in [0.15, 0.2) is 43.5 Å². The second-order valence-corrected chi connectivity index (χ2v) is 4.50. The van der Waals surface area contributed by atoms with Crippen molar-refractivity contribution in [3.05, 3.63) is 54.1 Å². The van der Waals surface area contributed by atoms with Crippen molar-refractivity contribution in [1.29, 1.82) is 0 Å². The molecule has 2 nitrogen and oxygen atoms in total. The molecule has 0 bridgehead atoms. The molecule has 1 rings (SSSR count). The van der Waals surface area contributed by atoms with Gasteiger partial charge in [0, 0.05) is 24.7 Å². The highest BCUT2D eigenvalue weighted by Crippen LogP contribution is 2.20. The minimum atomic E-state index is 0.642. The smallest absolute Gasteiger partial charge is 0.119 e. The van der Waals surface area contributed by atoms with E-state index >= 15 is 0 Å². The fraction of sp³-hybridized carbons (Fsp3) is 0.333. The van der Waals surface area contributed by atoms with E-state index in [-0.39, 0.29) is 0 Å². The molecule has 1 aromatic rings. The molecule has 0 aliphatic heterocycles. The van der Waals surface area contributed by atoms with E-state index in [0.29, 0.717) is 6.61 Å². The SMILES string of the molecule is C=CCN(CC=C)CCOc1ccc(Cl)c(C)c1. The maximum Gasteiger partial charge on any atom is 0.119 e. The number of rotatable bonds is 8. The first-order valence-corrected chi connectivity index (χ1v) is 6.38. The molecule has 1 aromatic carbocycles. The van der Waals surface area contributed by atoms with Crippen molar-refractivity contribution in [3.8, 4) is 5.75 Å². The lowest BCUT2D eigenvalue weighted by atomic mass is 10.2. The Morgan fingerprint density at radius 3 is 2.50 bits per heavy atom. The topological polar surface area (TPSA) is 12.5 Å². The number of halogens is 1. The summed E-state index contributed by atoms with van der Waals surface area (Å²) < 4.78 is 5.70. The third kappa shape index (κ3) is 4.94. The Bertz CT molecular complexity index is 393. The van der Waals surface area contributed by atoms with Crippen molar-refractivity contribution in [2.24, 2.45) is 0 Å². The molecule has 0 unspecified atom stereocenters. The highest BCUT2D eigenvalue weighted by Gasteiger charge is 2.02. The van der Waals surface area contributed by atoms with Gasteiger partial charge in [-0.25, -0.2) is 0 Å². The Morgan fingerprint density at radius 1 is 1.28 bits per heavy atom. The molecule has 0 atom stereocenters. The van der Waals surface area contributed by atoms with Gasteiger partial charge in [0.1, 0.15) is 12.4 Å². The van der Waals surface area contributed by atoms with Gasteiger partial charge in [-0.15, -0.1) is 13.2 Å². The van der Waals surface area contributed by atoms with Gasteiger partial charge in [-0.1, -0.05) is 23.8 Å². The van der Waals surface area contributed by atoms with Crippen LogP contribution in [0.1, 0.15) is 5.56 Å². The van der Waals surface area contributed by atoms with Crippen LogP contribution in [0.5, 0.6) is 5.75 Å². The van der Waals surface area contributed by atoms with Crippen LogP contribution in [-0.4, -0.2) is 31.1 Å². The average molecular weight is 266 g/mol. The third-order valence-corrected chi connectivity index (χ3v) is 3.00. The second-order valence-electron chi connectivity index (χ2n) is 4.10. The molecule has 0 radical (unpaired) electrons. The van der Waals surface area contributed by atoms with E-state index in [9.17, 15) is 0 Å². The molecule has 0 aromatic heterocycles. The summed E-state index contributed by atoms with van der Waals surface area (Å²) in [6.45, 7) is 12.6. The van der Waals surface area contributed by atoms with Crippen molar-refractivity contribution in [1.82, 2.24) is 4.90 Å². The normalized spacial score (nSPS) is 10.4. The molecule has 3 heteroatoms. The minimum Gasteiger partial charge on any atom is -0.492 e. The zero-order valence-electron chi connectivity index (χ0n) is 10.9. The van der Waals surface area contributed by atoms with E-state index in [1.807, 2.05) is 37.3 Å². The number of benzene rings is 1. The molecule has 98 valence electrons. The third-order valence-electron chi connectivity index (χ3n) is 2.58. The summed E-state index contributed by atoms with van der Waals surface area (Å²) >= 11 is 5.96. The van der Waals surface area contributed by atoms with Crippen LogP contribution in [0.25, 0.3) is 0 Å². The summed E-state index contributed by atoms with van der Waals surface area (Å²) in [6.07, 6.45) is 3.77. The Hall–Kier alpha value is -1.25. The Labute approximate surface area is 115 Å². The van der Waals surface area contributed by atoms with Crippen molar-refractivity contribution >= 4 is 11.6 Å². The van der Waals surface area contributed by atoms with Crippen LogP contribution in [-0.2, 0) is 0 Å². The summed E-state index contributed by atoms with van der Waals surface area (Å²) in [5, 5.41) is 0.766. The molecule has 0 aliphatic rings. The average Bonchev–Trinajstić information content (AvgIpc) is 2.34. The van der Waals surface area contributed by atoms with Crippen LogP contribution in [0.4, 0.5) is 0 Å². The Kier molecular flexibility index (Phi) is 6.55.